The van der Waals surface area contributed by atoms with E-state index in [1.807, 2.05) is 0 Å². The number of carbonyl (C=O) groups excluding carboxylic acids is 1. The van der Waals surface area contributed by atoms with Crippen molar-refractivity contribution in [2.24, 2.45) is 5.92 Å². The van der Waals surface area contributed by atoms with Gasteiger partial charge in [0.15, 0.2) is 0 Å². The molecule has 0 spiro atoms. The zero-order valence-corrected chi connectivity index (χ0v) is 14.7. The summed E-state index contributed by atoms with van der Waals surface area (Å²) in [5, 5.41) is -3.21. The Labute approximate surface area is 138 Å². The second-order valence-electron chi connectivity index (χ2n) is 7.12. The van der Waals surface area contributed by atoms with Gasteiger partial charge in [0, 0.05) is 19.5 Å². The van der Waals surface area contributed by atoms with Crippen LogP contribution in [0.2, 0.25) is 0 Å². The van der Waals surface area contributed by atoms with Crippen molar-refractivity contribution in [1.82, 2.24) is 4.90 Å². The molecule has 2 aliphatic carbocycles. The van der Waals surface area contributed by atoms with Crippen LogP contribution in [0.5, 0.6) is 0 Å². The molecule has 1 amide bonds. The van der Waals surface area contributed by atoms with E-state index in [-0.39, 0.29) is 12.0 Å². The van der Waals surface area contributed by atoms with Crippen LogP contribution in [-0.4, -0.2) is 41.9 Å². The molecule has 0 aliphatic heterocycles. The molecule has 2 saturated carbocycles. The van der Waals surface area contributed by atoms with Crippen LogP contribution in [0.4, 0.5) is 4.39 Å². The summed E-state index contributed by atoms with van der Waals surface area (Å²) in [6.45, 7) is 0. The van der Waals surface area contributed by atoms with Crippen LogP contribution in [0.15, 0.2) is 0 Å². The molecule has 0 aromatic carbocycles. The Balaban J connectivity index is 2.17. The zero-order valence-electron chi connectivity index (χ0n) is 13.8. The molecule has 0 saturated heterocycles. The van der Waals surface area contributed by atoms with E-state index in [0.717, 1.165) is 51.4 Å². The highest BCUT2D eigenvalue weighted by Gasteiger charge is 2.54. The van der Waals surface area contributed by atoms with Gasteiger partial charge in [0.2, 0.25) is 0 Å². The van der Waals surface area contributed by atoms with Gasteiger partial charge < -0.3 is 4.90 Å². The largest absolute Gasteiger partial charge is 0.339 e. The highest BCUT2D eigenvalue weighted by molar-refractivity contribution is 7.87. The molecule has 2 fully saturated rings. The molecule has 1 unspecified atom stereocenters. The molecule has 0 radical (unpaired) electrons. The quantitative estimate of drug-likeness (QED) is 0.773. The SMILES string of the molecule is CN(C(=O)C(F)(CC1CCCCC1)S(=O)(=O)O)C1CCCCC1. The van der Waals surface area contributed by atoms with E-state index in [9.17, 15) is 17.8 Å². The molecule has 1 N–H and O–H groups in total. The summed E-state index contributed by atoms with van der Waals surface area (Å²) in [6.07, 6.45) is 8.38. The first kappa shape index (κ1) is 18.6. The van der Waals surface area contributed by atoms with Crippen LogP contribution in [0.3, 0.4) is 0 Å². The lowest BCUT2D eigenvalue weighted by Gasteiger charge is -2.36. The van der Waals surface area contributed by atoms with Crippen molar-refractivity contribution >= 4 is 16.0 Å². The Morgan fingerprint density at radius 3 is 2.04 bits per heavy atom. The third-order valence-corrected chi connectivity index (χ3v) is 6.61. The van der Waals surface area contributed by atoms with Crippen molar-refractivity contribution in [3.05, 3.63) is 0 Å². The second kappa shape index (κ2) is 7.47. The molecule has 7 heteroatoms. The van der Waals surface area contributed by atoms with Gasteiger partial charge in [-0.25, -0.2) is 4.39 Å². The van der Waals surface area contributed by atoms with E-state index in [0.29, 0.717) is 12.8 Å². The summed E-state index contributed by atoms with van der Waals surface area (Å²) >= 11 is 0. The van der Waals surface area contributed by atoms with Gasteiger partial charge in [-0.1, -0.05) is 51.4 Å². The molecule has 0 aromatic rings. The Bertz CT molecular complexity index is 512. The van der Waals surface area contributed by atoms with Gasteiger partial charge in [0.25, 0.3) is 5.91 Å². The van der Waals surface area contributed by atoms with Gasteiger partial charge in [-0.2, -0.15) is 8.42 Å². The van der Waals surface area contributed by atoms with Crippen molar-refractivity contribution in [2.75, 3.05) is 7.05 Å². The fourth-order valence-electron chi connectivity index (χ4n) is 3.96. The zero-order chi connectivity index (χ0) is 17.1. The second-order valence-corrected chi connectivity index (χ2v) is 8.72. The lowest BCUT2D eigenvalue weighted by atomic mass is 9.85. The van der Waals surface area contributed by atoms with Crippen LogP contribution >= 0.6 is 0 Å². The van der Waals surface area contributed by atoms with Gasteiger partial charge in [-0.3, -0.25) is 9.35 Å². The van der Waals surface area contributed by atoms with Crippen LogP contribution in [0.25, 0.3) is 0 Å². The minimum absolute atomic E-state index is 0.139. The average Bonchev–Trinajstić information content (AvgIpc) is 2.54. The molecule has 2 rings (SSSR count). The van der Waals surface area contributed by atoms with Crippen LogP contribution in [0, 0.1) is 5.92 Å². The van der Waals surface area contributed by atoms with Gasteiger partial charge >= 0.3 is 15.1 Å². The van der Waals surface area contributed by atoms with E-state index < -0.39 is 27.4 Å². The number of hydrogen-bond acceptors (Lipinski definition) is 3. The Morgan fingerprint density at radius 1 is 1.09 bits per heavy atom. The molecule has 5 nitrogen and oxygen atoms in total. The van der Waals surface area contributed by atoms with Gasteiger partial charge in [0.1, 0.15) is 0 Å². The minimum atomic E-state index is -5.10. The fraction of sp³-hybridized carbons (Fsp3) is 0.938. The van der Waals surface area contributed by atoms with Gasteiger partial charge in [-0.05, 0) is 18.8 Å². The lowest BCUT2D eigenvalue weighted by molar-refractivity contribution is -0.141. The van der Waals surface area contributed by atoms with Crippen LogP contribution in [0.1, 0.15) is 70.6 Å². The highest BCUT2D eigenvalue weighted by atomic mass is 32.2. The molecule has 134 valence electrons. The van der Waals surface area contributed by atoms with Gasteiger partial charge in [-0.15, -0.1) is 0 Å². The number of nitrogens with zero attached hydrogens (tertiary/aromatic N) is 1. The van der Waals surface area contributed by atoms with Crippen molar-refractivity contribution in [1.29, 1.82) is 0 Å². The predicted molar refractivity (Wildman–Crippen MR) is 86.2 cm³/mol. The van der Waals surface area contributed by atoms with E-state index in [1.165, 1.54) is 11.9 Å². The third-order valence-electron chi connectivity index (χ3n) is 5.45. The Morgan fingerprint density at radius 2 is 1.57 bits per heavy atom. The standard InChI is InChI=1S/C16H28FNO4S/c1-18(14-10-6-3-7-11-14)15(19)16(17,23(20,21)22)12-13-8-4-2-5-9-13/h13-14H,2-12H2,1H3,(H,20,21,22). The molecule has 0 bridgehead atoms. The van der Waals surface area contributed by atoms with Crippen molar-refractivity contribution in [2.45, 2.75) is 81.7 Å². The number of carbonyl (C=O) groups is 1. The average molecular weight is 349 g/mol. The highest BCUT2D eigenvalue weighted by Crippen LogP contribution is 2.37. The number of hydrogen-bond donors (Lipinski definition) is 1. The first-order valence-corrected chi connectivity index (χ1v) is 10.1. The molecule has 0 aromatic heterocycles. The Kier molecular flexibility index (Phi) is 6.05. The monoisotopic (exact) mass is 349 g/mol. The maximum atomic E-state index is 15.3. The summed E-state index contributed by atoms with van der Waals surface area (Å²) in [5.74, 6) is -1.27. The number of alkyl halides is 1. The maximum Gasteiger partial charge on any atom is 0.312 e. The predicted octanol–water partition coefficient (Wildman–Crippen LogP) is 3.30. The van der Waals surface area contributed by atoms with Crippen molar-refractivity contribution in [3.8, 4) is 0 Å². The normalized spacial score (nSPS) is 24.1. The molecule has 2 aliphatic rings. The van der Waals surface area contributed by atoms with E-state index in [4.69, 9.17) is 0 Å². The Hall–Kier alpha value is -0.690. The minimum Gasteiger partial charge on any atom is -0.339 e. The summed E-state index contributed by atoms with van der Waals surface area (Å²) in [4.78, 5) is 13.8. The molecular weight excluding hydrogens is 321 g/mol. The molecule has 1 atom stereocenters. The molecular formula is C16H28FNO4S. The molecule has 0 heterocycles. The van der Waals surface area contributed by atoms with E-state index >= 15 is 4.39 Å². The molecule has 23 heavy (non-hydrogen) atoms. The smallest absolute Gasteiger partial charge is 0.312 e. The summed E-state index contributed by atoms with van der Waals surface area (Å²) in [6, 6.07) is -0.139. The van der Waals surface area contributed by atoms with Gasteiger partial charge in [0.05, 0.1) is 0 Å². The van der Waals surface area contributed by atoms with Crippen molar-refractivity contribution < 1.29 is 22.2 Å². The van der Waals surface area contributed by atoms with E-state index in [2.05, 4.69) is 0 Å². The van der Waals surface area contributed by atoms with E-state index in [1.54, 1.807) is 0 Å². The topological polar surface area (TPSA) is 74.7 Å². The number of amides is 1. The van der Waals surface area contributed by atoms with Crippen LogP contribution in [-0.2, 0) is 14.9 Å². The first-order chi connectivity index (χ1) is 10.8. The fourth-order valence-corrected chi connectivity index (χ4v) is 4.77. The maximum absolute atomic E-state index is 15.3. The first-order valence-electron chi connectivity index (χ1n) is 8.69. The summed E-state index contributed by atoms with van der Waals surface area (Å²) in [7, 11) is -3.65. The lowest BCUT2D eigenvalue weighted by Crippen LogP contribution is -2.53. The third kappa shape index (κ3) is 4.24. The number of halogens is 1. The van der Waals surface area contributed by atoms with Crippen LogP contribution < -0.4 is 0 Å². The number of rotatable bonds is 5. The summed E-state index contributed by atoms with van der Waals surface area (Å²) < 4.78 is 48.1. The summed E-state index contributed by atoms with van der Waals surface area (Å²) in [5.41, 5.74) is 0. The van der Waals surface area contributed by atoms with Crippen molar-refractivity contribution in [3.63, 3.8) is 0 Å².